The number of allylic oxidation sites excluding steroid dienone is 3. The highest BCUT2D eigenvalue weighted by atomic mass is 19.4. The third kappa shape index (κ3) is 3.64. The molecular formula is C26H26F3N3O2. The smallest absolute Gasteiger partial charge is 0.344 e. The lowest BCUT2D eigenvalue weighted by Crippen LogP contribution is -2.45. The maximum atomic E-state index is 14.0. The number of para-hydroxylation sites is 1. The van der Waals surface area contributed by atoms with Crippen LogP contribution >= 0.6 is 0 Å². The second-order valence-electron chi connectivity index (χ2n) is 9.30. The SMILES string of the molecule is CCCCN1C(=O)C(C#N)=C(C(F)(F)F)/C(=C/C=C2/N3CCCc4cccc(c43)C2(C)C)C1=O. The normalized spacial score (nSPS) is 22.0. The highest BCUT2D eigenvalue weighted by Crippen LogP contribution is 2.51. The predicted molar refractivity (Wildman–Crippen MR) is 122 cm³/mol. The number of imide groups is 1. The van der Waals surface area contributed by atoms with Crippen LogP contribution in [0.5, 0.6) is 0 Å². The number of alkyl halides is 3. The van der Waals surface area contributed by atoms with Gasteiger partial charge in [-0.2, -0.15) is 18.4 Å². The summed E-state index contributed by atoms with van der Waals surface area (Å²) in [5.41, 5.74) is 0.506. The van der Waals surface area contributed by atoms with Crippen molar-refractivity contribution in [3.05, 3.63) is 63.9 Å². The van der Waals surface area contributed by atoms with Crippen LogP contribution in [-0.4, -0.2) is 36.0 Å². The predicted octanol–water partition coefficient (Wildman–Crippen LogP) is 5.09. The summed E-state index contributed by atoms with van der Waals surface area (Å²) in [6.45, 7) is 6.54. The molecule has 3 aliphatic heterocycles. The van der Waals surface area contributed by atoms with E-state index >= 15 is 0 Å². The molecule has 34 heavy (non-hydrogen) atoms. The van der Waals surface area contributed by atoms with E-state index in [1.165, 1.54) is 11.6 Å². The number of anilines is 1. The van der Waals surface area contributed by atoms with E-state index in [1.54, 1.807) is 6.08 Å². The second-order valence-corrected chi connectivity index (χ2v) is 9.30. The fourth-order valence-electron chi connectivity index (χ4n) is 5.13. The first-order valence-corrected chi connectivity index (χ1v) is 11.4. The molecule has 0 unspecified atom stereocenters. The van der Waals surface area contributed by atoms with Gasteiger partial charge in [-0.1, -0.05) is 45.4 Å². The summed E-state index contributed by atoms with van der Waals surface area (Å²) in [5.74, 6) is -2.21. The molecule has 0 N–H and O–H groups in total. The van der Waals surface area contributed by atoms with Gasteiger partial charge >= 0.3 is 6.18 Å². The lowest BCUT2D eigenvalue weighted by molar-refractivity contribution is -0.143. The number of halogens is 3. The van der Waals surface area contributed by atoms with Crippen LogP contribution in [0.3, 0.4) is 0 Å². The summed E-state index contributed by atoms with van der Waals surface area (Å²) >= 11 is 0. The Morgan fingerprint density at radius 2 is 1.91 bits per heavy atom. The highest BCUT2D eigenvalue weighted by Gasteiger charge is 2.49. The number of rotatable bonds is 4. The zero-order valence-corrected chi connectivity index (χ0v) is 19.4. The molecule has 0 saturated heterocycles. The van der Waals surface area contributed by atoms with Gasteiger partial charge in [0.2, 0.25) is 0 Å². The van der Waals surface area contributed by atoms with E-state index in [0.29, 0.717) is 12.8 Å². The number of hydrogen-bond donors (Lipinski definition) is 0. The van der Waals surface area contributed by atoms with E-state index in [2.05, 4.69) is 11.0 Å². The van der Waals surface area contributed by atoms with Crippen LogP contribution in [-0.2, 0) is 21.4 Å². The quantitative estimate of drug-likeness (QED) is 0.455. The third-order valence-electron chi connectivity index (χ3n) is 6.81. The largest absolute Gasteiger partial charge is 0.418 e. The van der Waals surface area contributed by atoms with Crippen molar-refractivity contribution in [1.29, 1.82) is 5.26 Å². The zero-order chi connectivity index (χ0) is 24.8. The van der Waals surface area contributed by atoms with Crippen LogP contribution in [0.4, 0.5) is 18.9 Å². The van der Waals surface area contributed by atoms with Gasteiger partial charge in [-0.15, -0.1) is 0 Å². The Morgan fingerprint density at radius 1 is 1.18 bits per heavy atom. The summed E-state index contributed by atoms with van der Waals surface area (Å²) in [6, 6.07) is 7.49. The van der Waals surface area contributed by atoms with E-state index in [4.69, 9.17) is 0 Å². The first-order chi connectivity index (χ1) is 16.0. The van der Waals surface area contributed by atoms with Crippen LogP contribution in [0.25, 0.3) is 0 Å². The number of carbonyl (C=O) groups excluding carboxylic acids is 2. The Morgan fingerprint density at radius 3 is 2.56 bits per heavy atom. The van der Waals surface area contributed by atoms with Crippen molar-refractivity contribution in [3.8, 4) is 6.07 Å². The monoisotopic (exact) mass is 469 g/mol. The Kier molecular flexibility index (Phi) is 5.92. The third-order valence-corrected chi connectivity index (χ3v) is 6.81. The maximum absolute atomic E-state index is 14.0. The van der Waals surface area contributed by atoms with Crippen LogP contribution in [0.15, 0.2) is 52.8 Å². The molecule has 0 bridgehead atoms. The van der Waals surface area contributed by atoms with Gasteiger partial charge in [-0.3, -0.25) is 14.5 Å². The average molecular weight is 470 g/mol. The van der Waals surface area contributed by atoms with Crippen molar-refractivity contribution < 1.29 is 22.8 Å². The van der Waals surface area contributed by atoms with Crippen molar-refractivity contribution in [3.63, 3.8) is 0 Å². The van der Waals surface area contributed by atoms with Crippen molar-refractivity contribution in [2.45, 2.75) is 58.0 Å². The fourth-order valence-corrected chi connectivity index (χ4v) is 5.13. The second kappa shape index (κ2) is 8.46. The molecule has 8 heteroatoms. The number of aryl methyl sites for hydroxylation is 1. The van der Waals surface area contributed by atoms with E-state index in [0.717, 1.165) is 47.3 Å². The number of carbonyl (C=O) groups is 2. The van der Waals surface area contributed by atoms with E-state index in [9.17, 15) is 28.0 Å². The van der Waals surface area contributed by atoms with E-state index < -0.39 is 40.1 Å². The Labute approximate surface area is 196 Å². The fraction of sp³-hybridized carbons (Fsp3) is 0.423. The zero-order valence-electron chi connectivity index (χ0n) is 19.4. The summed E-state index contributed by atoms with van der Waals surface area (Å²) in [7, 11) is 0. The van der Waals surface area contributed by atoms with Gasteiger partial charge in [-0.05, 0) is 42.5 Å². The van der Waals surface area contributed by atoms with Crippen LogP contribution in [0.2, 0.25) is 0 Å². The minimum atomic E-state index is -5.02. The summed E-state index contributed by atoms with van der Waals surface area (Å²) in [6.07, 6.45) is 0.590. The standard InChI is InChI=1S/C26H26F3N3O2/c1-4-5-13-32-23(33)17(21(26(27,28)29)18(15-30)24(32)34)11-12-20-25(2,3)19-10-6-8-16-9-7-14-31(20)22(16)19/h6,8,10-12H,4-5,7,9,13-14H2,1-3H3/b17-11-,20-12+. The molecule has 0 aliphatic carbocycles. The molecule has 0 spiro atoms. The average Bonchev–Trinajstić information content (AvgIpc) is 3.00. The van der Waals surface area contributed by atoms with Gasteiger partial charge in [0.1, 0.15) is 11.6 Å². The van der Waals surface area contributed by atoms with Crippen LogP contribution in [0, 0.1) is 11.3 Å². The van der Waals surface area contributed by atoms with Crippen molar-refractivity contribution in [2.75, 3.05) is 18.0 Å². The van der Waals surface area contributed by atoms with Gasteiger partial charge < -0.3 is 4.90 Å². The lowest BCUT2D eigenvalue weighted by Gasteiger charge is -2.31. The molecule has 0 saturated carbocycles. The summed E-state index contributed by atoms with van der Waals surface area (Å²) in [4.78, 5) is 28.6. The topological polar surface area (TPSA) is 64.4 Å². The van der Waals surface area contributed by atoms with Gasteiger partial charge in [0.25, 0.3) is 11.8 Å². The number of unbranched alkanes of at least 4 members (excludes halogenated alkanes) is 1. The molecule has 0 aromatic heterocycles. The number of benzene rings is 1. The van der Waals surface area contributed by atoms with Crippen molar-refractivity contribution in [1.82, 2.24) is 4.90 Å². The molecular weight excluding hydrogens is 443 g/mol. The molecule has 3 aliphatic rings. The van der Waals surface area contributed by atoms with Crippen LogP contribution < -0.4 is 4.90 Å². The number of nitriles is 1. The highest BCUT2D eigenvalue weighted by molar-refractivity contribution is 6.18. The van der Waals surface area contributed by atoms with E-state index in [1.807, 2.05) is 32.9 Å². The molecule has 178 valence electrons. The molecule has 0 radical (unpaired) electrons. The molecule has 1 aromatic rings. The van der Waals surface area contributed by atoms with E-state index in [-0.39, 0.29) is 6.54 Å². The van der Waals surface area contributed by atoms with Crippen molar-refractivity contribution in [2.24, 2.45) is 0 Å². The summed E-state index contributed by atoms with van der Waals surface area (Å²) in [5, 5.41) is 9.42. The minimum absolute atomic E-state index is 0.0369. The molecule has 0 fully saturated rings. The van der Waals surface area contributed by atoms with Gasteiger partial charge in [0.15, 0.2) is 0 Å². The van der Waals surface area contributed by atoms with Crippen LogP contribution in [0.1, 0.15) is 51.2 Å². The minimum Gasteiger partial charge on any atom is -0.344 e. The molecule has 4 rings (SSSR count). The molecule has 2 amide bonds. The molecule has 3 heterocycles. The lowest BCUT2D eigenvalue weighted by atomic mass is 9.82. The Balaban J connectivity index is 1.88. The molecule has 1 aromatic carbocycles. The van der Waals surface area contributed by atoms with Gasteiger partial charge in [0, 0.05) is 29.9 Å². The Hall–Kier alpha value is -3.34. The molecule has 5 nitrogen and oxygen atoms in total. The van der Waals surface area contributed by atoms with Gasteiger partial charge in [-0.25, -0.2) is 0 Å². The summed E-state index contributed by atoms with van der Waals surface area (Å²) < 4.78 is 42.1. The number of amides is 2. The Bertz CT molecular complexity index is 1200. The van der Waals surface area contributed by atoms with Crippen molar-refractivity contribution >= 4 is 17.5 Å². The number of hydrogen-bond acceptors (Lipinski definition) is 4. The van der Waals surface area contributed by atoms with Gasteiger partial charge in [0.05, 0.1) is 11.1 Å². The maximum Gasteiger partial charge on any atom is 0.418 e. The first-order valence-electron chi connectivity index (χ1n) is 11.4. The number of nitrogens with zero attached hydrogens (tertiary/aromatic N) is 3. The molecule has 0 atom stereocenters. The first kappa shape index (κ1) is 23.8.